The Kier molecular flexibility index (Phi) is 18.7. The van der Waals surface area contributed by atoms with Crippen LogP contribution in [0, 0.1) is 6.08 Å². The predicted molar refractivity (Wildman–Crippen MR) is 43.8 cm³/mol. The zero-order valence-corrected chi connectivity index (χ0v) is 13.0. The fourth-order valence-electron chi connectivity index (χ4n) is 0.813. The Labute approximate surface area is 119 Å². The second-order valence-corrected chi connectivity index (χ2v) is 8.99. The number of rotatable bonds is 1. The molecule has 0 aromatic rings. The van der Waals surface area contributed by atoms with E-state index in [0.717, 1.165) is 6.42 Å². The molecule has 0 bridgehead atoms. The van der Waals surface area contributed by atoms with Crippen LogP contribution in [-0.2, 0) is 21.7 Å². The molecule has 0 heterocycles. The monoisotopic (exact) mass is 310 g/mol. The zero-order valence-electron chi connectivity index (χ0n) is 7.37. The van der Waals surface area contributed by atoms with Crippen molar-refractivity contribution in [3.8, 4) is 0 Å². The Bertz CT molecular complexity index is 174. The predicted octanol–water partition coefficient (Wildman–Crippen LogP) is -6.33. The summed E-state index contributed by atoms with van der Waals surface area (Å²) < 4.78 is 0. The molecule has 1 aliphatic rings. The summed E-state index contributed by atoms with van der Waals surface area (Å²) in [6, 6.07) is 0. The van der Waals surface area contributed by atoms with E-state index in [4.69, 9.17) is 11.1 Å². The van der Waals surface area contributed by atoms with Crippen molar-refractivity contribution in [3.63, 3.8) is 0 Å². The molecule has 0 aromatic heterocycles. The Morgan fingerprint density at radius 3 is 1.92 bits per heavy atom. The van der Waals surface area contributed by atoms with Gasteiger partial charge in [0.25, 0.3) is 0 Å². The first-order chi connectivity index (χ1) is 4.11. The van der Waals surface area contributed by atoms with Gasteiger partial charge in [0.1, 0.15) is 7.38 Å². The van der Waals surface area contributed by atoms with Crippen LogP contribution < -0.4 is 37.2 Å². The maximum absolute atomic E-state index is 6.13. The van der Waals surface area contributed by atoms with Gasteiger partial charge in [0.15, 0.2) is 0 Å². The van der Waals surface area contributed by atoms with E-state index >= 15 is 0 Å². The summed E-state index contributed by atoms with van der Waals surface area (Å²) >= 11 is 6.13. The molecule has 0 radical (unpaired) electrons. The third-order valence-corrected chi connectivity index (χ3v) is 3.57. The van der Waals surface area contributed by atoms with Crippen LogP contribution in [0.4, 0.5) is 0 Å². The van der Waals surface area contributed by atoms with Crippen molar-refractivity contribution < 1.29 is 58.9 Å². The van der Waals surface area contributed by atoms with Crippen LogP contribution in [0.1, 0.15) is 6.42 Å². The molecule has 0 aliphatic heterocycles. The molecular weight excluding hydrogens is 302 g/mol. The van der Waals surface area contributed by atoms with Crippen molar-refractivity contribution in [1.82, 2.24) is 0 Å². The zero-order chi connectivity index (χ0) is 6.91. The van der Waals surface area contributed by atoms with E-state index < -0.39 is 7.38 Å². The molecule has 0 saturated carbocycles. The Balaban J connectivity index is -0.000000101. The first-order valence-corrected chi connectivity index (χ1v) is 7.08. The molecule has 0 nitrogen and oxygen atoms in total. The molecule has 6 heteroatoms. The summed E-state index contributed by atoms with van der Waals surface area (Å²) in [5.74, 6) is 0. The molecule has 1 aliphatic carbocycles. The largest absolute Gasteiger partial charge is 4.00 e. The second kappa shape index (κ2) is 10.1. The minimum atomic E-state index is -1.53. The average Bonchev–Trinajstić information content (AvgIpc) is 2.08. The van der Waals surface area contributed by atoms with Crippen molar-refractivity contribution >= 4 is 18.5 Å². The molecule has 0 aromatic carbocycles. The molecule has 13 heavy (non-hydrogen) atoms. The topological polar surface area (TPSA) is 0 Å². The summed E-state index contributed by atoms with van der Waals surface area (Å²) in [5, 5.41) is 1.25. The molecule has 0 spiro atoms. The fraction of sp³-hybridized carbons (Fsp3) is 0.429. The first kappa shape index (κ1) is 24.0. The summed E-state index contributed by atoms with van der Waals surface area (Å²) in [7, 11) is -1.53. The average molecular weight is 312 g/mol. The van der Waals surface area contributed by atoms with E-state index in [9.17, 15) is 0 Å². The molecule has 0 atom stereocenters. The van der Waals surface area contributed by atoms with Crippen LogP contribution in [0.15, 0.2) is 17.3 Å². The van der Waals surface area contributed by atoms with Crippen LogP contribution in [-0.4, -0.2) is 7.38 Å². The summed E-state index contributed by atoms with van der Waals surface area (Å²) in [4.78, 5) is 0. The molecule has 0 fully saturated rings. The van der Waals surface area contributed by atoms with Crippen molar-refractivity contribution in [2.45, 2.75) is 19.5 Å². The molecule has 0 amide bonds. The van der Waals surface area contributed by atoms with Crippen LogP contribution in [0.3, 0.4) is 0 Å². The Morgan fingerprint density at radius 2 is 1.77 bits per heavy atom. The summed E-state index contributed by atoms with van der Waals surface area (Å²) in [6.07, 6.45) is 8.39. The van der Waals surface area contributed by atoms with E-state index in [2.05, 4.69) is 31.3 Å². The van der Waals surface area contributed by atoms with Crippen molar-refractivity contribution in [1.29, 1.82) is 0 Å². The normalized spacial score (nSPS) is 12.7. The van der Waals surface area contributed by atoms with Gasteiger partial charge in [-0.2, -0.15) is 17.2 Å². The van der Waals surface area contributed by atoms with E-state index in [-0.39, 0.29) is 58.9 Å². The fourth-order valence-corrected chi connectivity index (χ4v) is 2.24. The van der Waals surface area contributed by atoms with E-state index in [1.54, 1.807) is 0 Å². The Hall–Kier alpha value is 1.57. The maximum atomic E-state index is 6.13. The van der Waals surface area contributed by atoms with E-state index in [0.29, 0.717) is 0 Å². The number of allylic oxidation sites excluding steroid dienone is 4. The maximum Gasteiger partial charge on any atom is 4.00 e. The number of hydrogen-bond donors (Lipinski definition) is 0. The number of hydrogen-bond acceptors (Lipinski definition) is 0. The second-order valence-electron chi connectivity index (χ2n) is 2.67. The van der Waals surface area contributed by atoms with E-state index in [1.807, 2.05) is 0 Å². The third-order valence-electron chi connectivity index (χ3n) is 1.34. The van der Waals surface area contributed by atoms with E-state index in [1.165, 1.54) is 5.20 Å². The van der Waals surface area contributed by atoms with Gasteiger partial charge < -0.3 is 37.2 Å². The summed E-state index contributed by atoms with van der Waals surface area (Å²) in [5.41, 5.74) is 0. The molecule has 74 valence electrons. The van der Waals surface area contributed by atoms with Gasteiger partial charge >= 0.3 is 21.7 Å². The van der Waals surface area contributed by atoms with Gasteiger partial charge in [-0.15, -0.1) is 6.42 Å². The minimum Gasteiger partial charge on any atom is -1.00 e. The molecule has 0 saturated heterocycles. The number of halogens is 4. The van der Waals surface area contributed by atoms with Crippen molar-refractivity contribution in [2.24, 2.45) is 0 Å². The van der Waals surface area contributed by atoms with Gasteiger partial charge in [-0.05, 0) is 0 Å². The molecule has 0 unspecified atom stereocenters. The smallest absolute Gasteiger partial charge is 1.00 e. The standard InChI is InChI=1S/C7H10ClSi.3ClH.Ti/c1-9(2,8)7-5-3-4-6-7;;;;/h3,5H,4H2,1-2H3;3*1H;/q-1;;;;+4/p-3. The SMILES string of the molecule is C[Si](C)(Cl)C1=[C-]CC=C1.[Cl-].[Cl-].[Cl-].[Ti+4]. The van der Waals surface area contributed by atoms with Crippen molar-refractivity contribution in [2.75, 3.05) is 0 Å². The van der Waals surface area contributed by atoms with Crippen LogP contribution in [0.5, 0.6) is 0 Å². The van der Waals surface area contributed by atoms with Gasteiger partial charge in [0.05, 0.1) is 0 Å². The third kappa shape index (κ3) is 8.56. The van der Waals surface area contributed by atoms with Crippen LogP contribution in [0.2, 0.25) is 13.1 Å². The van der Waals surface area contributed by atoms with Gasteiger partial charge in [-0.3, -0.25) is 6.08 Å². The van der Waals surface area contributed by atoms with Crippen LogP contribution >= 0.6 is 11.1 Å². The van der Waals surface area contributed by atoms with Gasteiger partial charge in [-0.25, -0.2) is 11.3 Å². The quantitative estimate of drug-likeness (QED) is 0.257. The first-order valence-electron chi connectivity index (χ1n) is 3.07. The molecular formula is C7H10Cl4SiTi. The summed E-state index contributed by atoms with van der Waals surface area (Å²) in [6.45, 7) is 4.24. The van der Waals surface area contributed by atoms with Crippen molar-refractivity contribution in [3.05, 3.63) is 23.4 Å². The van der Waals surface area contributed by atoms with Gasteiger partial charge in [0, 0.05) is 0 Å². The van der Waals surface area contributed by atoms with Gasteiger partial charge in [-0.1, -0.05) is 13.1 Å². The molecule has 1 rings (SSSR count). The minimum absolute atomic E-state index is 0. The van der Waals surface area contributed by atoms with Gasteiger partial charge in [0.2, 0.25) is 0 Å². The Morgan fingerprint density at radius 1 is 1.31 bits per heavy atom. The van der Waals surface area contributed by atoms with Crippen LogP contribution in [0.25, 0.3) is 0 Å². The molecule has 0 N–H and O–H groups in total.